The van der Waals surface area contributed by atoms with Crippen LogP contribution in [-0.4, -0.2) is 21.8 Å². The van der Waals surface area contributed by atoms with Gasteiger partial charge in [0, 0.05) is 30.8 Å². The van der Waals surface area contributed by atoms with Crippen LogP contribution in [0.3, 0.4) is 0 Å². The number of fused-ring (bicyclic) bond motifs is 3. The normalized spacial score (nSPS) is 34.0. The lowest BCUT2D eigenvalue weighted by atomic mass is 9.81. The fourth-order valence-electron chi connectivity index (χ4n) is 3.93. The van der Waals surface area contributed by atoms with Crippen molar-refractivity contribution in [2.24, 2.45) is 7.05 Å². The first kappa shape index (κ1) is 11.5. The average molecular weight is 256 g/mol. The molecule has 4 rings (SSSR count). The van der Waals surface area contributed by atoms with Crippen LogP contribution >= 0.6 is 0 Å². The summed E-state index contributed by atoms with van der Waals surface area (Å²) in [5.41, 5.74) is 1.68. The number of aryl methyl sites for hydroxylation is 1. The molecule has 2 fully saturated rings. The minimum atomic E-state index is -0.638. The van der Waals surface area contributed by atoms with Crippen LogP contribution in [0.5, 0.6) is 0 Å². The topological polar surface area (TPSA) is 37.2 Å². The Morgan fingerprint density at radius 1 is 1.21 bits per heavy atom. The average Bonchev–Trinajstić information content (AvgIpc) is 2.93. The Morgan fingerprint density at radius 3 is 2.68 bits per heavy atom. The third-order valence-corrected chi connectivity index (χ3v) is 4.93. The summed E-state index contributed by atoms with van der Waals surface area (Å²) in [5, 5.41) is 15.9. The summed E-state index contributed by atoms with van der Waals surface area (Å²) in [4.78, 5) is 0. The molecule has 0 amide bonds. The van der Waals surface area contributed by atoms with Gasteiger partial charge in [-0.1, -0.05) is 6.07 Å². The van der Waals surface area contributed by atoms with E-state index in [4.69, 9.17) is 0 Å². The van der Waals surface area contributed by atoms with Crippen molar-refractivity contribution >= 4 is 10.9 Å². The second-order valence-electron chi connectivity index (χ2n) is 6.28. The van der Waals surface area contributed by atoms with Crippen molar-refractivity contribution in [2.75, 3.05) is 0 Å². The summed E-state index contributed by atoms with van der Waals surface area (Å²) in [5.74, 6) is 0. The highest BCUT2D eigenvalue weighted by Crippen LogP contribution is 2.41. The van der Waals surface area contributed by atoms with E-state index in [1.807, 2.05) is 0 Å². The molecule has 2 aliphatic heterocycles. The minimum Gasteiger partial charge on any atom is -0.385 e. The molecule has 0 spiro atoms. The molecule has 2 bridgehead atoms. The van der Waals surface area contributed by atoms with Gasteiger partial charge in [0.05, 0.1) is 5.60 Å². The number of piperidine rings is 1. The van der Waals surface area contributed by atoms with Crippen LogP contribution in [0.25, 0.3) is 10.9 Å². The van der Waals surface area contributed by atoms with Crippen molar-refractivity contribution in [1.29, 1.82) is 0 Å². The molecule has 2 saturated heterocycles. The first-order chi connectivity index (χ1) is 9.14. The smallest absolute Gasteiger partial charge is 0.0926 e. The van der Waals surface area contributed by atoms with E-state index in [-0.39, 0.29) is 0 Å². The van der Waals surface area contributed by atoms with Gasteiger partial charge in [-0.25, -0.2) is 0 Å². The third kappa shape index (κ3) is 1.72. The Morgan fingerprint density at radius 2 is 1.95 bits per heavy atom. The summed E-state index contributed by atoms with van der Waals surface area (Å²) in [6.07, 6.45) is 6.19. The third-order valence-electron chi connectivity index (χ3n) is 4.93. The van der Waals surface area contributed by atoms with E-state index >= 15 is 0 Å². The van der Waals surface area contributed by atoms with Gasteiger partial charge in [-0.3, -0.25) is 0 Å². The predicted molar refractivity (Wildman–Crippen MR) is 76.0 cm³/mol. The van der Waals surface area contributed by atoms with E-state index in [1.54, 1.807) is 0 Å². The number of nitrogens with one attached hydrogen (secondary N) is 1. The minimum absolute atomic E-state index is 0.496. The Balaban J connectivity index is 1.76. The Labute approximate surface area is 113 Å². The summed E-state index contributed by atoms with van der Waals surface area (Å²) in [7, 11) is 2.06. The number of hydrogen-bond acceptors (Lipinski definition) is 2. The van der Waals surface area contributed by atoms with Crippen molar-refractivity contribution in [1.82, 2.24) is 9.88 Å². The molecule has 0 saturated carbocycles. The molecule has 3 nitrogen and oxygen atoms in total. The lowest BCUT2D eigenvalue weighted by Gasteiger charge is -2.37. The summed E-state index contributed by atoms with van der Waals surface area (Å²) in [6.45, 7) is 0. The molecule has 2 N–H and O–H groups in total. The fourth-order valence-corrected chi connectivity index (χ4v) is 3.93. The zero-order chi connectivity index (χ0) is 13.0. The number of rotatable bonds is 1. The van der Waals surface area contributed by atoms with Gasteiger partial charge < -0.3 is 15.0 Å². The Kier molecular flexibility index (Phi) is 2.32. The first-order valence-corrected chi connectivity index (χ1v) is 7.18. The highest BCUT2D eigenvalue weighted by atomic mass is 16.3. The second kappa shape index (κ2) is 3.84. The number of benzene rings is 1. The fraction of sp³-hybridized carbons (Fsp3) is 0.500. The van der Waals surface area contributed by atoms with E-state index in [2.05, 4.69) is 47.4 Å². The Hall–Kier alpha value is -1.32. The molecule has 1 aromatic heterocycles. The molecule has 2 unspecified atom stereocenters. The van der Waals surface area contributed by atoms with Gasteiger partial charge in [0.2, 0.25) is 0 Å². The van der Waals surface area contributed by atoms with Crippen LogP contribution in [-0.2, 0) is 12.6 Å². The molecule has 100 valence electrons. The van der Waals surface area contributed by atoms with Crippen LogP contribution in [0.4, 0.5) is 0 Å². The molecule has 19 heavy (non-hydrogen) atoms. The van der Waals surface area contributed by atoms with Crippen LogP contribution in [0, 0.1) is 0 Å². The number of nitrogens with zero attached hydrogens (tertiary/aromatic N) is 1. The molecule has 2 atom stereocenters. The lowest BCUT2D eigenvalue weighted by molar-refractivity contribution is -0.0113. The molecular weight excluding hydrogens is 236 g/mol. The highest BCUT2D eigenvalue weighted by molar-refractivity contribution is 5.81. The molecule has 2 aliphatic rings. The highest BCUT2D eigenvalue weighted by Gasteiger charge is 2.43. The second-order valence-corrected chi connectivity index (χ2v) is 6.28. The van der Waals surface area contributed by atoms with Crippen LogP contribution < -0.4 is 5.32 Å². The van der Waals surface area contributed by atoms with Crippen molar-refractivity contribution < 1.29 is 5.11 Å². The van der Waals surface area contributed by atoms with E-state index in [9.17, 15) is 5.11 Å². The SMILES string of the molecule is Cn1ccc2cc(C3(O)CC4CCC(C3)N4)ccc21. The van der Waals surface area contributed by atoms with Gasteiger partial charge in [0.25, 0.3) is 0 Å². The van der Waals surface area contributed by atoms with E-state index in [0.29, 0.717) is 12.1 Å². The Bertz CT molecular complexity index is 619. The molecular formula is C16H20N2O. The molecule has 3 heteroatoms. The van der Waals surface area contributed by atoms with Crippen LogP contribution in [0.15, 0.2) is 30.5 Å². The van der Waals surface area contributed by atoms with Gasteiger partial charge >= 0.3 is 0 Å². The van der Waals surface area contributed by atoms with Crippen molar-refractivity contribution in [2.45, 2.75) is 43.4 Å². The molecule has 3 heterocycles. The molecule has 0 aliphatic carbocycles. The van der Waals surface area contributed by atoms with Crippen molar-refractivity contribution in [3.63, 3.8) is 0 Å². The summed E-state index contributed by atoms with van der Waals surface area (Å²) >= 11 is 0. The number of aliphatic hydroxyl groups is 1. The maximum Gasteiger partial charge on any atom is 0.0926 e. The zero-order valence-corrected chi connectivity index (χ0v) is 11.3. The van der Waals surface area contributed by atoms with Crippen LogP contribution in [0.1, 0.15) is 31.2 Å². The van der Waals surface area contributed by atoms with E-state index in [1.165, 1.54) is 23.7 Å². The molecule has 2 aromatic rings. The van der Waals surface area contributed by atoms with Gasteiger partial charge in [-0.05, 0) is 54.8 Å². The maximum atomic E-state index is 11.0. The molecule has 0 radical (unpaired) electrons. The van der Waals surface area contributed by atoms with Gasteiger partial charge in [-0.2, -0.15) is 0 Å². The van der Waals surface area contributed by atoms with E-state index in [0.717, 1.165) is 18.4 Å². The first-order valence-electron chi connectivity index (χ1n) is 7.18. The van der Waals surface area contributed by atoms with E-state index < -0.39 is 5.60 Å². The molecule has 1 aromatic carbocycles. The maximum absolute atomic E-state index is 11.0. The number of hydrogen-bond donors (Lipinski definition) is 2. The lowest BCUT2D eigenvalue weighted by Crippen LogP contribution is -2.46. The summed E-state index contributed by atoms with van der Waals surface area (Å²) < 4.78 is 2.12. The standard InChI is InChI=1S/C16H20N2O/c1-18-7-6-11-8-12(2-5-15(11)18)16(19)9-13-3-4-14(10-16)17-13/h2,5-8,13-14,17,19H,3-4,9-10H2,1H3. The van der Waals surface area contributed by atoms with Crippen LogP contribution in [0.2, 0.25) is 0 Å². The number of aromatic nitrogens is 1. The quantitative estimate of drug-likeness (QED) is 0.821. The van der Waals surface area contributed by atoms with Gasteiger partial charge in [0.1, 0.15) is 0 Å². The van der Waals surface area contributed by atoms with Crippen molar-refractivity contribution in [3.8, 4) is 0 Å². The van der Waals surface area contributed by atoms with Gasteiger partial charge in [0.15, 0.2) is 0 Å². The zero-order valence-electron chi connectivity index (χ0n) is 11.3. The summed E-state index contributed by atoms with van der Waals surface area (Å²) in [6, 6.07) is 9.52. The van der Waals surface area contributed by atoms with Gasteiger partial charge in [-0.15, -0.1) is 0 Å². The predicted octanol–water partition coefficient (Wildman–Crippen LogP) is 2.28. The van der Waals surface area contributed by atoms with Crippen molar-refractivity contribution in [3.05, 3.63) is 36.0 Å². The largest absolute Gasteiger partial charge is 0.385 e. The monoisotopic (exact) mass is 256 g/mol.